The lowest BCUT2D eigenvalue weighted by Gasteiger charge is -2.15. The molecule has 3 nitrogen and oxygen atoms in total. The fraction of sp³-hybridized carbons (Fsp3) is 0.533. The third-order valence-corrected chi connectivity index (χ3v) is 3.21. The van der Waals surface area contributed by atoms with Crippen LogP contribution in [-0.2, 0) is 11.2 Å². The van der Waals surface area contributed by atoms with Gasteiger partial charge in [0.1, 0.15) is 0 Å². The van der Waals surface area contributed by atoms with Crippen molar-refractivity contribution >= 4 is 5.91 Å². The molecule has 0 bridgehead atoms. The molecule has 0 aliphatic carbocycles. The summed E-state index contributed by atoms with van der Waals surface area (Å²) in [5, 5.41) is 2.89. The Hall–Kier alpha value is -1.35. The summed E-state index contributed by atoms with van der Waals surface area (Å²) in [7, 11) is 0. The summed E-state index contributed by atoms with van der Waals surface area (Å²) in [6.07, 6.45) is 1.55. The van der Waals surface area contributed by atoms with E-state index in [1.165, 1.54) is 11.1 Å². The molecule has 1 aromatic rings. The van der Waals surface area contributed by atoms with Crippen LogP contribution in [0.5, 0.6) is 0 Å². The fourth-order valence-electron chi connectivity index (χ4n) is 1.87. The number of carbonyl (C=O) groups excluding carboxylic acids is 1. The molecular formula is C15H24N2O. The summed E-state index contributed by atoms with van der Waals surface area (Å²) in [4.78, 5) is 11.8. The fourth-order valence-corrected chi connectivity index (χ4v) is 1.87. The van der Waals surface area contributed by atoms with E-state index in [0.29, 0.717) is 13.0 Å². The molecule has 3 N–H and O–H groups in total. The summed E-state index contributed by atoms with van der Waals surface area (Å²) in [6.45, 7) is 6.61. The monoisotopic (exact) mass is 248 g/mol. The highest BCUT2D eigenvalue weighted by Crippen LogP contribution is 2.19. The minimum atomic E-state index is 0.0483. The predicted octanol–water partition coefficient (Wildman–Crippen LogP) is 2.21. The third kappa shape index (κ3) is 4.49. The Balaban J connectivity index is 2.53. The highest BCUT2D eigenvalue weighted by Gasteiger charge is 2.12. The summed E-state index contributed by atoms with van der Waals surface area (Å²) >= 11 is 0. The van der Waals surface area contributed by atoms with Crippen LogP contribution in [0.15, 0.2) is 24.3 Å². The first-order chi connectivity index (χ1) is 8.56. The topological polar surface area (TPSA) is 55.1 Å². The van der Waals surface area contributed by atoms with E-state index in [2.05, 4.69) is 43.4 Å². The van der Waals surface area contributed by atoms with Crippen LogP contribution in [0.2, 0.25) is 0 Å². The summed E-state index contributed by atoms with van der Waals surface area (Å²) in [5.41, 5.74) is 8.02. The van der Waals surface area contributed by atoms with Crippen LogP contribution in [0.4, 0.5) is 0 Å². The Bertz CT molecular complexity index is 373. The predicted molar refractivity (Wildman–Crippen MR) is 75.5 cm³/mol. The van der Waals surface area contributed by atoms with Crippen molar-refractivity contribution < 1.29 is 4.79 Å². The van der Waals surface area contributed by atoms with Gasteiger partial charge in [-0.15, -0.1) is 0 Å². The molecule has 1 amide bonds. The SMILES string of the molecule is CCc1ccc(C(C)CC(=O)N[C@@H](C)CN)cc1. The molecular weight excluding hydrogens is 224 g/mol. The second-order valence-corrected chi connectivity index (χ2v) is 4.90. The first-order valence-corrected chi connectivity index (χ1v) is 6.65. The Labute approximate surface area is 110 Å². The van der Waals surface area contributed by atoms with Crippen molar-refractivity contribution in [3.63, 3.8) is 0 Å². The van der Waals surface area contributed by atoms with E-state index in [0.717, 1.165) is 6.42 Å². The molecule has 0 heterocycles. The third-order valence-electron chi connectivity index (χ3n) is 3.21. The summed E-state index contributed by atoms with van der Waals surface area (Å²) in [5.74, 6) is 0.306. The van der Waals surface area contributed by atoms with Crippen LogP contribution in [0, 0.1) is 0 Å². The molecule has 0 spiro atoms. The van der Waals surface area contributed by atoms with Crippen molar-refractivity contribution in [2.24, 2.45) is 5.73 Å². The van der Waals surface area contributed by atoms with Crippen molar-refractivity contribution in [2.45, 2.75) is 45.6 Å². The lowest BCUT2D eigenvalue weighted by molar-refractivity contribution is -0.121. The van der Waals surface area contributed by atoms with Gasteiger partial charge in [-0.3, -0.25) is 4.79 Å². The van der Waals surface area contributed by atoms with E-state index in [1.807, 2.05) is 6.92 Å². The highest BCUT2D eigenvalue weighted by molar-refractivity contribution is 5.77. The van der Waals surface area contributed by atoms with E-state index >= 15 is 0 Å². The van der Waals surface area contributed by atoms with E-state index in [-0.39, 0.29) is 17.9 Å². The van der Waals surface area contributed by atoms with Gasteiger partial charge in [0.25, 0.3) is 0 Å². The lowest BCUT2D eigenvalue weighted by atomic mass is 9.96. The van der Waals surface area contributed by atoms with Gasteiger partial charge in [0.15, 0.2) is 0 Å². The zero-order valence-corrected chi connectivity index (χ0v) is 11.6. The van der Waals surface area contributed by atoms with Crippen molar-refractivity contribution in [3.8, 4) is 0 Å². The number of nitrogens with one attached hydrogen (secondary N) is 1. The molecule has 0 aliphatic rings. The van der Waals surface area contributed by atoms with E-state index < -0.39 is 0 Å². The van der Waals surface area contributed by atoms with Crippen LogP contribution in [-0.4, -0.2) is 18.5 Å². The zero-order valence-electron chi connectivity index (χ0n) is 11.6. The molecule has 2 atom stereocenters. The molecule has 0 fully saturated rings. The quantitative estimate of drug-likeness (QED) is 0.811. The molecule has 18 heavy (non-hydrogen) atoms. The Morgan fingerprint density at radius 2 is 1.89 bits per heavy atom. The van der Waals surface area contributed by atoms with Gasteiger partial charge in [0.2, 0.25) is 5.91 Å². The Kier molecular flexibility index (Phi) is 5.86. The van der Waals surface area contributed by atoms with Crippen molar-refractivity contribution in [2.75, 3.05) is 6.54 Å². The summed E-state index contributed by atoms with van der Waals surface area (Å²) < 4.78 is 0. The molecule has 100 valence electrons. The molecule has 1 rings (SSSR count). The number of carbonyl (C=O) groups is 1. The van der Waals surface area contributed by atoms with E-state index in [4.69, 9.17) is 5.73 Å². The van der Waals surface area contributed by atoms with Crippen molar-refractivity contribution in [1.29, 1.82) is 0 Å². The van der Waals surface area contributed by atoms with Crippen molar-refractivity contribution in [3.05, 3.63) is 35.4 Å². The number of nitrogens with two attached hydrogens (primary N) is 1. The lowest BCUT2D eigenvalue weighted by Crippen LogP contribution is -2.38. The van der Waals surface area contributed by atoms with Crippen LogP contribution < -0.4 is 11.1 Å². The maximum absolute atomic E-state index is 11.8. The average molecular weight is 248 g/mol. The highest BCUT2D eigenvalue weighted by atomic mass is 16.1. The smallest absolute Gasteiger partial charge is 0.220 e. The van der Waals surface area contributed by atoms with Crippen LogP contribution in [0.25, 0.3) is 0 Å². The number of hydrogen-bond acceptors (Lipinski definition) is 2. The normalized spacial score (nSPS) is 14.0. The minimum absolute atomic E-state index is 0.0483. The van der Waals surface area contributed by atoms with Gasteiger partial charge >= 0.3 is 0 Å². The van der Waals surface area contributed by atoms with Gasteiger partial charge in [-0.05, 0) is 30.4 Å². The molecule has 1 unspecified atom stereocenters. The molecule has 0 saturated heterocycles. The van der Waals surface area contributed by atoms with Gasteiger partial charge < -0.3 is 11.1 Å². The van der Waals surface area contributed by atoms with Crippen LogP contribution in [0.1, 0.15) is 44.2 Å². The van der Waals surface area contributed by atoms with E-state index in [1.54, 1.807) is 0 Å². The maximum Gasteiger partial charge on any atom is 0.220 e. The molecule has 0 aliphatic heterocycles. The van der Waals surface area contributed by atoms with Crippen LogP contribution >= 0.6 is 0 Å². The number of aryl methyl sites for hydroxylation is 1. The van der Waals surface area contributed by atoms with Gasteiger partial charge in [-0.25, -0.2) is 0 Å². The number of benzene rings is 1. The molecule has 0 aromatic heterocycles. The second kappa shape index (κ2) is 7.17. The Morgan fingerprint density at radius 1 is 1.28 bits per heavy atom. The largest absolute Gasteiger partial charge is 0.352 e. The van der Waals surface area contributed by atoms with Gasteiger partial charge in [-0.1, -0.05) is 38.1 Å². The zero-order chi connectivity index (χ0) is 13.5. The second-order valence-electron chi connectivity index (χ2n) is 4.90. The molecule has 0 saturated carbocycles. The molecule has 3 heteroatoms. The maximum atomic E-state index is 11.8. The van der Waals surface area contributed by atoms with Gasteiger partial charge in [-0.2, -0.15) is 0 Å². The Morgan fingerprint density at radius 3 is 2.39 bits per heavy atom. The van der Waals surface area contributed by atoms with Gasteiger partial charge in [0.05, 0.1) is 0 Å². The number of hydrogen-bond donors (Lipinski definition) is 2. The minimum Gasteiger partial charge on any atom is -0.352 e. The number of amides is 1. The molecule has 1 aromatic carbocycles. The average Bonchev–Trinajstić information content (AvgIpc) is 2.38. The number of rotatable bonds is 6. The first kappa shape index (κ1) is 14.7. The summed E-state index contributed by atoms with van der Waals surface area (Å²) in [6, 6.07) is 8.54. The standard InChI is InChI=1S/C15H24N2O/c1-4-13-5-7-14(8-6-13)11(2)9-15(18)17-12(3)10-16/h5-8,11-12H,4,9-10,16H2,1-3H3,(H,17,18)/t11?,12-/m0/s1. The van der Waals surface area contributed by atoms with Crippen molar-refractivity contribution in [1.82, 2.24) is 5.32 Å². The molecule has 0 radical (unpaired) electrons. The first-order valence-electron chi connectivity index (χ1n) is 6.65. The van der Waals surface area contributed by atoms with Gasteiger partial charge in [0, 0.05) is 19.0 Å². The van der Waals surface area contributed by atoms with Crippen LogP contribution in [0.3, 0.4) is 0 Å². The van der Waals surface area contributed by atoms with E-state index in [9.17, 15) is 4.79 Å².